The third kappa shape index (κ3) is 5.31. The Hall–Kier alpha value is -2.90. The van der Waals surface area contributed by atoms with Crippen molar-refractivity contribution in [3.8, 4) is 17.2 Å². The Morgan fingerprint density at radius 1 is 0.929 bits per heavy atom. The van der Waals surface area contributed by atoms with Gasteiger partial charge in [0.05, 0.1) is 25.4 Å². The molecule has 0 atom stereocenters. The molecule has 0 aromatic heterocycles. The minimum Gasteiger partial charge on any atom is -0.490 e. The molecular formula is C20H22F3NO4. The van der Waals surface area contributed by atoms with Gasteiger partial charge in [-0.05, 0) is 51.1 Å². The molecule has 0 aliphatic heterocycles. The fourth-order valence-corrected chi connectivity index (χ4v) is 2.50. The lowest BCUT2D eigenvalue weighted by molar-refractivity contribution is -0.137. The number of amides is 1. The molecule has 0 saturated heterocycles. The Morgan fingerprint density at radius 3 is 2.00 bits per heavy atom. The van der Waals surface area contributed by atoms with Crippen molar-refractivity contribution < 1.29 is 32.2 Å². The molecule has 0 spiro atoms. The second kappa shape index (κ2) is 9.34. The lowest BCUT2D eigenvalue weighted by Gasteiger charge is -2.17. The smallest absolute Gasteiger partial charge is 0.416 e. The van der Waals surface area contributed by atoms with Gasteiger partial charge in [-0.25, -0.2) is 0 Å². The number of alkyl halides is 3. The van der Waals surface area contributed by atoms with Gasteiger partial charge < -0.3 is 19.5 Å². The summed E-state index contributed by atoms with van der Waals surface area (Å²) in [7, 11) is 0. The summed E-state index contributed by atoms with van der Waals surface area (Å²) in [5.41, 5.74) is -0.639. The van der Waals surface area contributed by atoms with Crippen molar-refractivity contribution in [1.82, 2.24) is 0 Å². The highest BCUT2D eigenvalue weighted by Crippen LogP contribution is 2.39. The Labute approximate surface area is 161 Å². The number of halogens is 3. The van der Waals surface area contributed by atoms with Crippen molar-refractivity contribution in [3.63, 3.8) is 0 Å². The number of hydrogen-bond donors (Lipinski definition) is 1. The van der Waals surface area contributed by atoms with Gasteiger partial charge in [0, 0.05) is 11.3 Å². The van der Waals surface area contributed by atoms with E-state index in [2.05, 4.69) is 5.32 Å². The van der Waals surface area contributed by atoms with E-state index in [0.29, 0.717) is 37.1 Å². The van der Waals surface area contributed by atoms with Crippen LogP contribution >= 0.6 is 0 Å². The first-order chi connectivity index (χ1) is 13.3. The van der Waals surface area contributed by atoms with Gasteiger partial charge in [-0.3, -0.25) is 4.79 Å². The molecule has 0 saturated carbocycles. The second-order valence-electron chi connectivity index (χ2n) is 5.63. The van der Waals surface area contributed by atoms with Gasteiger partial charge in [0.15, 0.2) is 11.5 Å². The average molecular weight is 397 g/mol. The Balaban J connectivity index is 2.36. The predicted octanol–water partition coefficient (Wildman–Crippen LogP) is 5.15. The molecule has 0 fully saturated rings. The van der Waals surface area contributed by atoms with Crippen molar-refractivity contribution in [2.45, 2.75) is 26.9 Å². The highest BCUT2D eigenvalue weighted by atomic mass is 19.4. The summed E-state index contributed by atoms with van der Waals surface area (Å²) in [5, 5.41) is 2.47. The molecular weight excluding hydrogens is 375 g/mol. The van der Waals surface area contributed by atoms with Crippen LogP contribution in [0.15, 0.2) is 36.4 Å². The van der Waals surface area contributed by atoms with Gasteiger partial charge in [0.2, 0.25) is 5.75 Å². The average Bonchev–Trinajstić information content (AvgIpc) is 2.64. The zero-order valence-electron chi connectivity index (χ0n) is 15.9. The fourth-order valence-electron chi connectivity index (χ4n) is 2.50. The first-order valence-electron chi connectivity index (χ1n) is 8.85. The lowest BCUT2D eigenvalue weighted by Crippen LogP contribution is -2.14. The van der Waals surface area contributed by atoms with Crippen LogP contribution in [0.4, 0.5) is 18.9 Å². The molecule has 0 heterocycles. The van der Waals surface area contributed by atoms with Crippen LogP contribution in [-0.4, -0.2) is 25.7 Å². The number of carbonyl (C=O) groups excluding carboxylic acids is 1. The van der Waals surface area contributed by atoms with Crippen LogP contribution in [0.5, 0.6) is 17.2 Å². The molecule has 2 aromatic rings. The van der Waals surface area contributed by atoms with Crippen molar-refractivity contribution in [2.24, 2.45) is 0 Å². The Kier molecular flexibility index (Phi) is 7.14. The monoisotopic (exact) mass is 397 g/mol. The maximum absolute atomic E-state index is 12.9. The highest BCUT2D eigenvalue weighted by Gasteiger charge is 2.30. The SMILES string of the molecule is CCOc1cc(C(=O)Nc2cccc(C(F)(F)F)c2)cc(OCC)c1OCC. The summed E-state index contributed by atoms with van der Waals surface area (Å²) in [4.78, 5) is 12.6. The molecule has 5 nitrogen and oxygen atoms in total. The van der Waals surface area contributed by atoms with E-state index in [1.807, 2.05) is 0 Å². The minimum atomic E-state index is -4.50. The van der Waals surface area contributed by atoms with Crippen molar-refractivity contribution in [1.29, 1.82) is 0 Å². The zero-order valence-corrected chi connectivity index (χ0v) is 15.9. The quantitative estimate of drug-likeness (QED) is 0.669. The molecule has 0 bridgehead atoms. The van der Waals surface area contributed by atoms with Gasteiger partial charge in [-0.1, -0.05) is 6.07 Å². The third-order valence-electron chi connectivity index (χ3n) is 3.62. The van der Waals surface area contributed by atoms with E-state index < -0.39 is 17.6 Å². The van der Waals surface area contributed by atoms with E-state index in [1.165, 1.54) is 24.3 Å². The number of carbonyl (C=O) groups is 1. The van der Waals surface area contributed by atoms with E-state index in [0.717, 1.165) is 12.1 Å². The number of rotatable bonds is 8. The maximum atomic E-state index is 12.9. The molecule has 2 rings (SSSR count). The molecule has 1 amide bonds. The largest absolute Gasteiger partial charge is 0.490 e. The van der Waals surface area contributed by atoms with Crippen LogP contribution in [0.25, 0.3) is 0 Å². The normalized spacial score (nSPS) is 11.1. The summed E-state index contributed by atoms with van der Waals surface area (Å²) in [6.07, 6.45) is -4.50. The summed E-state index contributed by atoms with van der Waals surface area (Å²) >= 11 is 0. The van der Waals surface area contributed by atoms with E-state index in [9.17, 15) is 18.0 Å². The van der Waals surface area contributed by atoms with Gasteiger partial charge in [-0.15, -0.1) is 0 Å². The van der Waals surface area contributed by atoms with E-state index in [1.54, 1.807) is 20.8 Å². The fraction of sp³-hybridized carbons (Fsp3) is 0.350. The molecule has 152 valence electrons. The standard InChI is InChI=1S/C20H22F3NO4/c1-4-26-16-10-13(11-17(27-5-2)18(16)28-6-3)19(25)24-15-9-7-8-14(12-15)20(21,22)23/h7-12H,4-6H2,1-3H3,(H,24,25). The predicted molar refractivity (Wildman–Crippen MR) is 99.3 cm³/mol. The third-order valence-corrected chi connectivity index (χ3v) is 3.62. The second-order valence-corrected chi connectivity index (χ2v) is 5.63. The Bertz CT molecular complexity index is 794. The number of ether oxygens (including phenoxy) is 3. The highest BCUT2D eigenvalue weighted by molar-refractivity contribution is 6.05. The van der Waals surface area contributed by atoms with Crippen LogP contribution in [0.2, 0.25) is 0 Å². The van der Waals surface area contributed by atoms with Crippen molar-refractivity contribution >= 4 is 11.6 Å². The molecule has 1 N–H and O–H groups in total. The van der Waals surface area contributed by atoms with Crippen LogP contribution in [0, 0.1) is 0 Å². The summed E-state index contributed by atoms with van der Waals surface area (Å²) in [5.74, 6) is 0.431. The van der Waals surface area contributed by atoms with E-state index in [4.69, 9.17) is 14.2 Å². The number of anilines is 1. The number of hydrogen-bond acceptors (Lipinski definition) is 4. The van der Waals surface area contributed by atoms with Crippen molar-refractivity contribution in [3.05, 3.63) is 47.5 Å². The summed E-state index contributed by atoms with van der Waals surface area (Å²) < 4.78 is 55.3. The first kappa shape index (κ1) is 21.4. The summed E-state index contributed by atoms with van der Waals surface area (Å²) in [6.45, 7) is 6.42. The van der Waals surface area contributed by atoms with E-state index >= 15 is 0 Å². The molecule has 2 aromatic carbocycles. The van der Waals surface area contributed by atoms with Gasteiger partial charge in [0.1, 0.15) is 0 Å². The van der Waals surface area contributed by atoms with Crippen LogP contribution in [0.3, 0.4) is 0 Å². The van der Waals surface area contributed by atoms with Gasteiger partial charge in [-0.2, -0.15) is 13.2 Å². The maximum Gasteiger partial charge on any atom is 0.416 e. The molecule has 0 unspecified atom stereocenters. The van der Waals surface area contributed by atoms with Crippen LogP contribution in [0.1, 0.15) is 36.7 Å². The van der Waals surface area contributed by atoms with Gasteiger partial charge in [0.25, 0.3) is 5.91 Å². The Morgan fingerprint density at radius 2 is 1.50 bits per heavy atom. The van der Waals surface area contributed by atoms with Gasteiger partial charge >= 0.3 is 6.18 Å². The molecule has 0 aliphatic rings. The topological polar surface area (TPSA) is 56.8 Å². The molecule has 8 heteroatoms. The molecule has 0 radical (unpaired) electrons. The molecule has 0 aliphatic carbocycles. The molecule has 28 heavy (non-hydrogen) atoms. The zero-order chi connectivity index (χ0) is 20.7. The van der Waals surface area contributed by atoms with E-state index in [-0.39, 0.29) is 11.3 Å². The van der Waals surface area contributed by atoms with Crippen LogP contribution < -0.4 is 19.5 Å². The lowest BCUT2D eigenvalue weighted by atomic mass is 10.1. The van der Waals surface area contributed by atoms with Crippen LogP contribution in [-0.2, 0) is 6.18 Å². The minimum absolute atomic E-state index is 0.0321. The van der Waals surface area contributed by atoms with Crippen molar-refractivity contribution in [2.75, 3.05) is 25.1 Å². The number of nitrogens with one attached hydrogen (secondary N) is 1. The summed E-state index contributed by atoms with van der Waals surface area (Å²) in [6, 6.07) is 7.37. The number of benzene rings is 2. The first-order valence-corrected chi connectivity index (χ1v) is 8.85.